The van der Waals surface area contributed by atoms with E-state index < -0.39 is 0 Å². The average Bonchev–Trinajstić information content (AvgIpc) is 3.24. The number of nitrogens with zero attached hydrogens (tertiary/aromatic N) is 3. The number of anilines is 2. The molecule has 0 aliphatic rings. The molecule has 0 spiro atoms. The Kier molecular flexibility index (Phi) is 3.94. The number of H-pyrrole nitrogens is 1. The second-order valence-corrected chi connectivity index (χ2v) is 6.42. The molecule has 0 saturated heterocycles. The number of aromatic nitrogens is 4. The molecule has 0 bridgehead atoms. The fraction of sp³-hybridized carbons (Fsp3) is 0.118. The van der Waals surface area contributed by atoms with Gasteiger partial charge in [-0.1, -0.05) is 17.4 Å². The Labute approximate surface area is 143 Å². The minimum atomic E-state index is 0.803. The molecule has 6 nitrogen and oxygen atoms in total. The molecule has 0 saturated carbocycles. The molecule has 4 rings (SSSR count). The number of benzene rings is 1. The fourth-order valence-corrected chi connectivity index (χ4v) is 3.44. The van der Waals surface area contributed by atoms with Crippen molar-refractivity contribution < 1.29 is 0 Å². The van der Waals surface area contributed by atoms with Crippen molar-refractivity contribution in [3.8, 4) is 11.1 Å². The lowest BCUT2D eigenvalue weighted by Gasteiger charge is -2.04. The molecule has 0 aliphatic heterocycles. The summed E-state index contributed by atoms with van der Waals surface area (Å²) in [7, 11) is 1.93. The highest BCUT2D eigenvalue weighted by Crippen LogP contribution is 2.31. The molecule has 7 heteroatoms. The van der Waals surface area contributed by atoms with Crippen LogP contribution >= 0.6 is 11.3 Å². The number of hydrogen-bond donors (Lipinski definition) is 3. The van der Waals surface area contributed by atoms with E-state index in [-0.39, 0.29) is 0 Å². The Hall–Kier alpha value is -2.77. The fourth-order valence-electron chi connectivity index (χ4n) is 2.53. The van der Waals surface area contributed by atoms with E-state index >= 15 is 0 Å². The second-order valence-electron chi connectivity index (χ2n) is 5.39. The molecule has 0 unspecified atom stereocenters. The van der Waals surface area contributed by atoms with Crippen molar-refractivity contribution >= 4 is 32.5 Å². The van der Waals surface area contributed by atoms with Crippen LogP contribution in [0.2, 0.25) is 0 Å². The highest BCUT2D eigenvalue weighted by Gasteiger charge is 2.07. The van der Waals surface area contributed by atoms with E-state index in [2.05, 4.69) is 42.9 Å². The SMILES string of the molecule is CNCc1ccnc(Nc2nc3ccc(-c4cn[nH]c4)cc3s2)c1. The van der Waals surface area contributed by atoms with Gasteiger partial charge in [0.25, 0.3) is 0 Å². The first-order valence-corrected chi connectivity index (χ1v) is 8.40. The van der Waals surface area contributed by atoms with Crippen LogP contribution in [-0.2, 0) is 6.54 Å². The predicted molar refractivity (Wildman–Crippen MR) is 97.5 cm³/mol. The van der Waals surface area contributed by atoms with Crippen LogP contribution in [0.4, 0.5) is 10.9 Å². The Bertz CT molecular complexity index is 960. The summed E-state index contributed by atoms with van der Waals surface area (Å²) in [6.45, 7) is 0.811. The van der Waals surface area contributed by atoms with Gasteiger partial charge in [0.2, 0.25) is 0 Å². The maximum absolute atomic E-state index is 4.63. The molecule has 0 aliphatic carbocycles. The minimum absolute atomic E-state index is 0.803. The number of nitrogens with one attached hydrogen (secondary N) is 3. The van der Waals surface area contributed by atoms with E-state index in [4.69, 9.17) is 0 Å². The van der Waals surface area contributed by atoms with Crippen molar-refractivity contribution in [3.63, 3.8) is 0 Å². The van der Waals surface area contributed by atoms with E-state index in [1.165, 1.54) is 5.56 Å². The number of pyridine rings is 1. The molecule has 4 aromatic rings. The van der Waals surface area contributed by atoms with Gasteiger partial charge < -0.3 is 10.6 Å². The van der Waals surface area contributed by atoms with Crippen LogP contribution in [0.25, 0.3) is 21.3 Å². The first kappa shape index (κ1) is 14.8. The van der Waals surface area contributed by atoms with E-state index in [0.717, 1.165) is 38.8 Å². The maximum atomic E-state index is 4.63. The smallest absolute Gasteiger partial charge is 0.189 e. The zero-order valence-corrected chi connectivity index (χ0v) is 13.9. The van der Waals surface area contributed by atoms with E-state index in [0.29, 0.717) is 0 Å². The van der Waals surface area contributed by atoms with Gasteiger partial charge >= 0.3 is 0 Å². The maximum Gasteiger partial charge on any atom is 0.189 e. The van der Waals surface area contributed by atoms with Crippen molar-refractivity contribution in [2.45, 2.75) is 6.54 Å². The lowest BCUT2D eigenvalue weighted by atomic mass is 10.1. The average molecular weight is 336 g/mol. The van der Waals surface area contributed by atoms with Crippen molar-refractivity contribution in [2.75, 3.05) is 12.4 Å². The first-order chi connectivity index (χ1) is 11.8. The molecule has 1 aromatic carbocycles. The normalized spacial score (nSPS) is 11.0. The highest BCUT2D eigenvalue weighted by molar-refractivity contribution is 7.22. The molecule has 3 N–H and O–H groups in total. The first-order valence-electron chi connectivity index (χ1n) is 7.58. The topological polar surface area (TPSA) is 78.5 Å². The summed E-state index contributed by atoms with van der Waals surface area (Å²) < 4.78 is 1.13. The molecular formula is C17H16N6S. The van der Waals surface area contributed by atoms with E-state index in [9.17, 15) is 0 Å². The Morgan fingerprint density at radius 3 is 2.96 bits per heavy atom. The number of thiazole rings is 1. The summed E-state index contributed by atoms with van der Waals surface area (Å²) in [6.07, 6.45) is 5.51. The minimum Gasteiger partial charge on any atom is -0.316 e. The molecule has 0 fully saturated rings. The monoisotopic (exact) mass is 336 g/mol. The third-order valence-electron chi connectivity index (χ3n) is 3.66. The second kappa shape index (κ2) is 6.38. The molecule has 3 heterocycles. The summed E-state index contributed by atoms with van der Waals surface area (Å²) in [6, 6.07) is 10.2. The molecule has 0 radical (unpaired) electrons. The van der Waals surface area contributed by atoms with Gasteiger partial charge in [0.15, 0.2) is 5.13 Å². The Morgan fingerprint density at radius 2 is 2.12 bits per heavy atom. The van der Waals surface area contributed by atoms with Gasteiger partial charge in [0.05, 0.1) is 16.4 Å². The molecule has 0 amide bonds. The summed E-state index contributed by atoms with van der Waals surface area (Å²) in [5.41, 5.74) is 4.35. The van der Waals surface area contributed by atoms with Gasteiger partial charge in [0.1, 0.15) is 5.82 Å². The largest absolute Gasteiger partial charge is 0.316 e. The number of fused-ring (bicyclic) bond motifs is 1. The van der Waals surface area contributed by atoms with Crippen molar-refractivity contribution in [1.29, 1.82) is 0 Å². The third kappa shape index (κ3) is 2.99. The van der Waals surface area contributed by atoms with Gasteiger partial charge in [-0.05, 0) is 42.4 Å². The van der Waals surface area contributed by atoms with Crippen LogP contribution in [-0.4, -0.2) is 27.2 Å². The standard InChI is InChI=1S/C17H16N6S/c1-18-8-11-4-5-19-16(6-11)23-17-22-14-3-2-12(7-15(14)24-17)13-9-20-21-10-13/h2-7,9-10,18H,8H2,1H3,(H,20,21)(H,19,22,23). The number of aromatic amines is 1. The van der Waals surface area contributed by atoms with Crippen LogP contribution in [0.5, 0.6) is 0 Å². The van der Waals surface area contributed by atoms with Crippen LogP contribution in [0.3, 0.4) is 0 Å². The van der Waals surface area contributed by atoms with Crippen molar-refractivity contribution in [3.05, 3.63) is 54.5 Å². The zero-order chi connectivity index (χ0) is 16.4. The quantitative estimate of drug-likeness (QED) is 0.519. The number of rotatable bonds is 5. The predicted octanol–water partition coefficient (Wildman–Crippen LogP) is 3.54. The van der Waals surface area contributed by atoms with E-state index in [1.807, 2.05) is 37.6 Å². The van der Waals surface area contributed by atoms with Gasteiger partial charge in [-0.15, -0.1) is 0 Å². The van der Waals surface area contributed by atoms with Gasteiger partial charge in [-0.25, -0.2) is 9.97 Å². The van der Waals surface area contributed by atoms with Gasteiger partial charge in [-0.3, -0.25) is 5.10 Å². The number of hydrogen-bond acceptors (Lipinski definition) is 6. The third-order valence-corrected chi connectivity index (χ3v) is 4.59. The zero-order valence-electron chi connectivity index (χ0n) is 13.1. The lowest BCUT2D eigenvalue weighted by Crippen LogP contribution is -2.05. The molecule has 120 valence electrons. The molecular weight excluding hydrogens is 320 g/mol. The summed E-state index contributed by atoms with van der Waals surface area (Å²) in [5.74, 6) is 0.803. The van der Waals surface area contributed by atoms with Crippen molar-refractivity contribution in [1.82, 2.24) is 25.5 Å². The summed E-state index contributed by atoms with van der Waals surface area (Å²) >= 11 is 1.61. The van der Waals surface area contributed by atoms with Gasteiger partial charge in [-0.2, -0.15) is 5.10 Å². The summed E-state index contributed by atoms with van der Waals surface area (Å²) in [5, 5.41) is 14.1. The van der Waals surface area contributed by atoms with Gasteiger partial charge in [0, 0.05) is 24.5 Å². The Balaban J connectivity index is 1.62. The summed E-state index contributed by atoms with van der Waals surface area (Å²) in [4.78, 5) is 9.00. The van der Waals surface area contributed by atoms with Crippen LogP contribution in [0, 0.1) is 0 Å². The highest BCUT2D eigenvalue weighted by atomic mass is 32.1. The van der Waals surface area contributed by atoms with Crippen LogP contribution in [0.1, 0.15) is 5.56 Å². The van der Waals surface area contributed by atoms with Crippen molar-refractivity contribution in [2.24, 2.45) is 0 Å². The van der Waals surface area contributed by atoms with Crippen LogP contribution in [0.15, 0.2) is 48.9 Å². The molecule has 3 aromatic heterocycles. The lowest BCUT2D eigenvalue weighted by molar-refractivity contribution is 0.816. The Morgan fingerprint density at radius 1 is 1.17 bits per heavy atom. The molecule has 24 heavy (non-hydrogen) atoms. The molecule has 0 atom stereocenters. The van der Waals surface area contributed by atoms with Crippen LogP contribution < -0.4 is 10.6 Å². The van der Waals surface area contributed by atoms with E-state index in [1.54, 1.807) is 17.5 Å².